The van der Waals surface area contributed by atoms with E-state index in [0.717, 1.165) is 55.0 Å². The quantitative estimate of drug-likeness (QED) is 0.296. The molecule has 2 nitrogen and oxygen atoms in total. The summed E-state index contributed by atoms with van der Waals surface area (Å²) < 4.78 is 12.3. The van der Waals surface area contributed by atoms with Gasteiger partial charge in [-0.05, 0) is 29.8 Å². The second-order valence-electron chi connectivity index (χ2n) is 6.67. The summed E-state index contributed by atoms with van der Waals surface area (Å²) in [7, 11) is 0. The van der Waals surface area contributed by atoms with E-state index in [1.165, 1.54) is 0 Å². The summed E-state index contributed by atoms with van der Waals surface area (Å²) in [5, 5.41) is 4.90. The van der Waals surface area contributed by atoms with E-state index in [-0.39, 0.29) is 0 Å². The van der Waals surface area contributed by atoms with Gasteiger partial charge in [0.25, 0.3) is 0 Å². The summed E-state index contributed by atoms with van der Waals surface area (Å²) in [6.07, 6.45) is 0. The second kappa shape index (κ2) is 5.38. The highest BCUT2D eigenvalue weighted by molar-refractivity contribution is 6.38. The van der Waals surface area contributed by atoms with Crippen LogP contribution in [0.15, 0.2) is 87.7 Å². The highest BCUT2D eigenvalue weighted by Crippen LogP contribution is 2.42. The first-order valence-electron chi connectivity index (χ1n) is 8.81. The van der Waals surface area contributed by atoms with Crippen LogP contribution in [0.2, 0.25) is 5.02 Å². The third kappa shape index (κ3) is 2.02. The van der Waals surface area contributed by atoms with E-state index in [4.69, 9.17) is 20.4 Å². The Bertz CT molecular complexity index is 1490. The highest BCUT2D eigenvalue weighted by Gasteiger charge is 2.17. The molecule has 0 atom stereocenters. The number of hydrogen-bond donors (Lipinski definition) is 0. The van der Waals surface area contributed by atoms with E-state index in [1.54, 1.807) is 0 Å². The molecule has 0 fully saturated rings. The van der Waals surface area contributed by atoms with Crippen LogP contribution in [0.3, 0.4) is 0 Å². The van der Waals surface area contributed by atoms with Crippen molar-refractivity contribution < 1.29 is 8.83 Å². The van der Waals surface area contributed by atoms with E-state index in [1.807, 2.05) is 48.5 Å². The summed E-state index contributed by atoms with van der Waals surface area (Å²) in [6.45, 7) is 0. The molecule has 4 aromatic carbocycles. The molecule has 0 radical (unpaired) electrons. The van der Waals surface area contributed by atoms with Crippen LogP contribution in [0.5, 0.6) is 0 Å². The predicted octanol–water partition coefficient (Wildman–Crippen LogP) is 7.81. The van der Waals surface area contributed by atoms with Gasteiger partial charge in [0, 0.05) is 27.1 Å². The number of halogens is 1. The first kappa shape index (κ1) is 14.9. The van der Waals surface area contributed by atoms with Crippen LogP contribution in [-0.2, 0) is 0 Å². The van der Waals surface area contributed by atoms with Gasteiger partial charge in [-0.1, -0.05) is 66.2 Å². The van der Waals surface area contributed by atoms with Crippen LogP contribution in [-0.4, -0.2) is 0 Å². The molecule has 0 saturated heterocycles. The van der Waals surface area contributed by atoms with Crippen LogP contribution in [0.4, 0.5) is 0 Å². The second-order valence-corrected chi connectivity index (χ2v) is 7.08. The Morgan fingerprint density at radius 3 is 2.11 bits per heavy atom. The van der Waals surface area contributed by atoms with Crippen LogP contribution >= 0.6 is 11.6 Å². The SMILES string of the molecule is Clc1cccc2oc3c(-c4cccc5oc6ccccc6c45)cccc3c12. The van der Waals surface area contributed by atoms with Crippen molar-refractivity contribution in [3.8, 4) is 11.1 Å². The molecule has 6 aromatic rings. The molecule has 0 N–H and O–H groups in total. The van der Waals surface area contributed by atoms with Gasteiger partial charge in [-0.2, -0.15) is 0 Å². The maximum atomic E-state index is 6.46. The Balaban J connectivity index is 1.79. The molecule has 6 rings (SSSR count). The highest BCUT2D eigenvalue weighted by atomic mass is 35.5. The van der Waals surface area contributed by atoms with Crippen LogP contribution in [0.1, 0.15) is 0 Å². The van der Waals surface area contributed by atoms with Gasteiger partial charge in [-0.15, -0.1) is 0 Å². The average Bonchev–Trinajstić information content (AvgIpc) is 3.26. The fraction of sp³-hybridized carbons (Fsp3) is 0. The first-order chi connectivity index (χ1) is 13.3. The van der Waals surface area contributed by atoms with Crippen molar-refractivity contribution in [3.63, 3.8) is 0 Å². The van der Waals surface area contributed by atoms with Gasteiger partial charge in [0.2, 0.25) is 0 Å². The van der Waals surface area contributed by atoms with Crippen molar-refractivity contribution in [1.29, 1.82) is 0 Å². The predicted molar refractivity (Wildman–Crippen MR) is 111 cm³/mol. The van der Waals surface area contributed by atoms with Crippen LogP contribution in [0.25, 0.3) is 55.0 Å². The topological polar surface area (TPSA) is 26.3 Å². The largest absolute Gasteiger partial charge is 0.456 e. The Kier molecular flexibility index (Phi) is 2.97. The standard InChI is InChI=1S/C24H13ClO2/c25-18-10-5-13-21-23(18)17-9-3-8-15(24(17)27-21)14-7-4-12-20-22(14)16-6-1-2-11-19(16)26-20/h1-13H. The molecule has 0 saturated carbocycles. The van der Waals surface area contributed by atoms with Gasteiger partial charge < -0.3 is 8.83 Å². The maximum Gasteiger partial charge on any atom is 0.143 e. The Morgan fingerprint density at radius 1 is 0.519 bits per heavy atom. The lowest BCUT2D eigenvalue weighted by Gasteiger charge is -2.05. The van der Waals surface area contributed by atoms with Crippen molar-refractivity contribution in [3.05, 3.63) is 83.9 Å². The minimum absolute atomic E-state index is 0.704. The van der Waals surface area contributed by atoms with Crippen molar-refractivity contribution in [1.82, 2.24) is 0 Å². The smallest absolute Gasteiger partial charge is 0.143 e. The van der Waals surface area contributed by atoms with Gasteiger partial charge in [-0.3, -0.25) is 0 Å². The summed E-state index contributed by atoms with van der Waals surface area (Å²) in [5.74, 6) is 0. The lowest BCUT2D eigenvalue weighted by atomic mass is 9.97. The molecular formula is C24H13ClO2. The fourth-order valence-corrected chi connectivity index (χ4v) is 4.28. The first-order valence-corrected chi connectivity index (χ1v) is 9.19. The number of para-hydroxylation sites is 2. The molecule has 0 spiro atoms. The summed E-state index contributed by atoms with van der Waals surface area (Å²) in [4.78, 5) is 0. The van der Waals surface area contributed by atoms with Crippen molar-refractivity contribution in [2.45, 2.75) is 0 Å². The van der Waals surface area contributed by atoms with E-state index in [0.29, 0.717) is 5.02 Å². The lowest BCUT2D eigenvalue weighted by Crippen LogP contribution is -1.80. The molecular weight excluding hydrogens is 356 g/mol. The monoisotopic (exact) mass is 368 g/mol. The zero-order chi connectivity index (χ0) is 18.0. The van der Waals surface area contributed by atoms with Gasteiger partial charge in [0.1, 0.15) is 22.3 Å². The molecule has 128 valence electrons. The summed E-state index contributed by atoms with van der Waals surface area (Å²) in [6, 6.07) is 26.3. The Labute approximate surface area is 159 Å². The van der Waals surface area contributed by atoms with Gasteiger partial charge in [0.05, 0.1) is 5.02 Å². The van der Waals surface area contributed by atoms with Crippen molar-refractivity contribution in [2.24, 2.45) is 0 Å². The van der Waals surface area contributed by atoms with E-state index in [9.17, 15) is 0 Å². The average molecular weight is 369 g/mol. The molecule has 0 aliphatic rings. The molecule has 0 amide bonds. The van der Waals surface area contributed by atoms with Crippen molar-refractivity contribution in [2.75, 3.05) is 0 Å². The van der Waals surface area contributed by atoms with E-state index < -0.39 is 0 Å². The maximum absolute atomic E-state index is 6.46. The number of furan rings is 2. The summed E-state index contributed by atoms with van der Waals surface area (Å²) in [5.41, 5.74) is 5.54. The van der Waals surface area contributed by atoms with Crippen LogP contribution in [0, 0.1) is 0 Å². The molecule has 2 heterocycles. The van der Waals surface area contributed by atoms with Crippen molar-refractivity contribution >= 4 is 55.5 Å². The van der Waals surface area contributed by atoms with Gasteiger partial charge in [0.15, 0.2) is 0 Å². The molecule has 3 heteroatoms. The zero-order valence-corrected chi connectivity index (χ0v) is 15.0. The molecule has 0 unspecified atom stereocenters. The molecule has 27 heavy (non-hydrogen) atoms. The number of rotatable bonds is 1. The van der Waals surface area contributed by atoms with E-state index in [2.05, 4.69) is 30.3 Å². The molecule has 0 bridgehead atoms. The minimum Gasteiger partial charge on any atom is -0.456 e. The Hall–Kier alpha value is -3.23. The number of hydrogen-bond acceptors (Lipinski definition) is 2. The molecule has 0 aliphatic carbocycles. The zero-order valence-electron chi connectivity index (χ0n) is 14.2. The number of benzene rings is 4. The molecule has 2 aromatic heterocycles. The van der Waals surface area contributed by atoms with E-state index >= 15 is 0 Å². The Morgan fingerprint density at radius 2 is 1.19 bits per heavy atom. The van der Waals surface area contributed by atoms with Crippen LogP contribution < -0.4 is 0 Å². The third-order valence-corrected chi connectivity index (χ3v) is 5.48. The minimum atomic E-state index is 0.704. The lowest BCUT2D eigenvalue weighted by molar-refractivity contribution is 0.668. The normalized spacial score (nSPS) is 11.9. The summed E-state index contributed by atoms with van der Waals surface area (Å²) >= 11 is 6.46. The van der Waals surface area contributed by atoms with Gasteiger partial charge >= 0.3 is 0 Å². The number of fused-ring (bicyclic) bond motifs is 6. The van der Waals surface area contributed by atoms with Gasteiger partial charge in [-0.25, -0.2) is 0 Å². The third-order valence-electron chi connectivity index (χ3n) is 5.16. The fourth-order valence-electron chi connectivity index (χ4n) is 4.02. The molecule has 0 aliphatic heterocycles.